The van der Waals surface area contributed by atoms with Crippen molar-refractivity contribution in [3.8, 4) is 0 Å². The van der Waals surface area contributed by atoms with Crippen LogP contribution in [0.4, 0.5) is 0 Å². The fourth-order valence-electron chi connectivity index (χ4n) is 3.59. The van der Waals surface area contributed by atoms with Gasteiger partial charge in [-0.1, -0.05) is 24.3 Å². The molecule has 0 spiro atoms. The van der Waals surface area contributed by atoms with Crippen LogP contribution in [0, 0.1) is 12.8 Å². The van der Waals surface area contributed by atoms with Crippen molar-refractivity contribution < 1.29 is 9.90 Å². The fourth-order valence-corrected chi connectivity index (χ4v) is 3.59. The van der Waals surface area contributed by atoms with Crippen LogP contribution >= 0.6 is 0 Å². The van der Waals surface area contributed by atoms with Gasteiger partial charge in [0.05, 0.1) is 12.5 Å². The van der Waals surface area contributed by atoms with E-state index in [4.69, 9.17) is 0 Å². The van der Waals surface area contributed by atoms with Gasteiger partial charge in [-0.3, -0.25) is 9.69 Å². The third-order valence-corrected chi connectivity index (χ3v) is 4.87. The Labute approximate surface area is 142 Å². The molecule has 1 aromatic carbocycles. The van der Waals surface area contributed by atoms with Crippen LogP contribution in [-0.4, -0.2) is 43.8 Å². The van der Waals surface area contributed by atoms with E-state index in [-0.39, 0.29) is 11.8 Å². The Morgan fingerprint density at radius 2 is 2.08 bits per heavy atom. The molecular weight excluding hydrogens is 304 g/mol. The average molecular weight is 328 g/mol. The Kier molecular flexibility index (Phi) is 4.66. The maximum atomic E-state index is 11.8. The molecule has 0 saturated carbocycles. The molecule has 1 N–H and O–H groups in total. The highest BCUT2D eigenvalue weighted by molar-refractivity contribution is 5.72. The number of carbonyl (C=O) groups is 1. The highest BCUT2D eigenvalue weighted by Gasteiger charge is 2.39. The Bertz CT molecular complexity index is 725. The summed E-state index contributed by atoms with van der Waals surface area (Å²) in [4.78, 5) is 13.9. The Morgan fingerprint density at radius 3 is 2.75 bits per heavy atom. The molecule has 128 valence electrons. The van der Waals surface area contributed by atoms with E-state index in [1.54, 1.807) is 6.33 Å². The molecule has 1 saturated heterocycles. The van der Waals surface area contributed by atoms with E-state index in [1.165, 1.54) is 0 Å². The van der Waals surface area contributed by atoms with Gasteiger partial charge in [0.25, 0.3) is 0 Å². The number of likely N-dealkylation sites (tertiary alicyclic amines) is 1. The number of nitrogens with zero attached hydrogens (tertiary/aromatic N) is 4. The van der Waals surface area contributed by atoms with Gasteiger partial charge in [0.1, 0.15) is 12.2 Å². The first-order chi connectivity index (χ1) is 11.5. The van der Waals surface area contributed by atoms with Crippen molar-refractivity contribution in [2.75, 3.05) is 13.1 Å². The number of carboxylic acid groups (broad SMARTS) is 1. The lowest BCUT2D eigenvalue weighted by Gasteiger charge is -2.18. The van der Waals surface area contributed by atoms with E-state index in [1.807, 2.05) is 29.7 Å². The van der Waals surface area contributed by atoms with Gasteiger partial charge in [0.2, 0.25) is 0 Å². The second kappa shape index (κ2) is 6.73. The van der Waals surface area contributed by atoms with E-state index in [2.05, 4.69) is 35.0 Å². The molecule has 1 aliphatic heterocycles. The summed E-state index contributed by atoms with van der Waals surface area (Å²) in [5, 5.41) is 17.9. The van der Waals surface area contributed by atoms with Crippen LogP contribution < -0.4 is 0 Å². The lowest BCUT2D eigenvalue weighted by molar-refractivity contribution is -0.141. The number of aryl methyl sites for hydroxylation is 1. The number of hydrogen-bond donors (Lipinski definition) is 1. The number of aliphatic carboxylic acids is 1. The normalized spacial score (nSPS) is 21.5. The molecular formula is C18H24N4O2. The van der Waals surface area contributed by atoms with Crippen molar-refractivity contribution >= 4 is 5.97 Å². The van der Waals surface area contributed by atoms with Gasteiger partial charge in [-0.25, -0.2) is 0 Å². The first-order valence-electron chi connectivity index (χ1n) is 8.36. The molecule has 2 heterocycles. The average Bonchev–Trinajstić information content (AvgIpc) is 3.15. The summed E-state index contributed by atoms with van der Waals surface area (Å²) in [6.07, 6.45) is 1.74. The number of aromatic nitrogens is 3. The van der Waals surface area contributed by atoms with Crippen molar-refractivity contribution in [1.82, 2.24) is 19.7 Å². The topological polar surface area (TPSA) is 71.2 Å². The third kappa shape index (κ3) is 3.19. The smallest absolute Gasteiger partial charge is 0.308 e. The van der Waals surface area contributed by atoms with Crippen LogP contribution in [0.2, 0.25) is 0 Å². The van der Waals surface area contributed by atoms with Crippen molar-refractivity contribution in [2.45, 2.75) is 39.3 Å². The van der Waals surface area contributed by atoms with E-state index < -0.39 is 5.97 Å². The van der Waals surface area contributed by atoms with Gasteiger partial charge < -0.3 is 9.67 Å². The van der Waals surface area contributed by atoms with Crippen molar-refractivity contribution in [3.63, 3.8) is 0 Å². The molecule has 6 nitrogen and oxygen atoms in total. The fraction of sp³-hybridized carbons (Fsp3) is 0.500. The van der Waals surface area contributed by atoms with Crippen molar-refractivity contribution in [1.29, 1.82) is 0 Å². The van der Waals surface area contributed by atoms with Gasteiger partial charge in [0, 0.05) is 25.0 Å². The van der Waals surface area contributed by atoms with Crippen molar-refractivity contribution in [2.24, 2.45) is 5.92 Å². The van der Waals surface area contributed by atoms with Crippen LogP contribution in [-0.2, 0) is 11.3 Å². The molecule has 3 rings (SSSR count). The standard InChI is InChI=1S/C18H24N4O2/c1-12(2)22-11-19-20-17(22)10-21-8-15(16(9-21)18(23)24)14-7-5-4-6-13(14)3/h4-7,11-12,15-16H,8-10H2,1-3H3,(H,23,24)/t15-,16+/m0/s1. The van der Waals surface area contributed by atoms with Crippen LogP contribution in [0.15, 0.2) is 30.6 Å². The molecule has 24 heavy (non-hydrogen) atoms. The first kappa shape index (κ1) is 16.6. The Hall–Kier alpha value is -2.21. The zero-order valence-corrected chi connectivity index (χ0v) is 14.4. The number of rotatable bonds is 5. The van der Waals surface area contributed by atoms with Gasteiger partial charge >= 0.3 is 5.97 Å². The number of carboxylic acids is 1. The largest absolute Gasteiger partial charge is 0.481 e. The maximum absolute atomic E-state index is 11.8. The quantitative estimate of drug-likeness (QED) is 0.913. The van der Waals surface area contributed by atoms with Gasteiger partial charge in [0.15, 0.2) is 0 Å². The minimum Gasteiger partial charge on any atom is -0.481 e. The Morgan fingerprint density at radius 1 is 1.33 bits per heavy atom. The van der Waals surface area contributed by atoms with Crippen LogP contribution in [0.5, 0.6) is 0 Å². The van der Waals surface area contributed by atoms with E-state index in [0.29, 0.717) is 19.1 Å². The molecule has 2 atom stereocenters. The molecule has 0 radical (unpaired) electrons. The molecule has 1 aliphatic rings. The molecule has 0 amide bonds. The summed E-state index contributed by atoms with van der Waals surface area (Å²) < 4.78 is 2.04. The molecule has 0 bridgehead atoms. The van der Waals surface area contributed by atoms with E-state index in [9.17, 15) is 9.90 Å². The lowest BCUT2D eigenvalue weighted by atomic mass is 9.86. The molecule has 1 aromatic heterocycles. The van der Waals surface area contributed by atoms with Crippen LogP contribution in [0.25, 0.3) is 0 Å². The number of benzene rings is 1. The van der Waals surface area contributed by atoms with E-state index >= 15 is 0 Å². The first-order valence-corrected chi connectivity index (χ1v) is 8.36. The minimum absolute atomic E-state index is 0.0131. The van der Waals surface area contributed by atoms with Crippen molar-refractivity contribution in [3.05, 3.63) is 47.5 Å². The lowest BCUT2D eigenvalue weighted by Crippen LogP contribution is -2.25. The molecule has 2 aromatic rings. The monoisotopic (exact) mass is 328 g/mol. The minimum atomic E-state index is -0.726. The molecule has 6 heteroatoms. The molecule has 0 aliphatic carbocycles. The van der Waals surface area contributed by atoms with E-state index in [0.717, 1.165) is 23.5 Å². The highest BCUT2D eigenvalue weighted by Crippen LogP contribution is 2.35. The summed E-state index contributed by atoms with van der Waals surface area (Å²) in [5.41, 5.74) is 2.29. The van der Waals surface area contributed by atoms with Gasteiger partial charge in [-0.05, 0) is 31.9 Å². The summed E-state index contributed by atoms with van der Waals surface area (Å²) in [6.45, 7) is 8.13. The summed E-state index contributed by atoms with van der Waals surface area (Å²) in [7, 11) is 0. The molecule has 0 unspecified atom stereocenters. The summed E-state index contributed by atoms with van der Waals surface area (Å²) in [5.74, 6) is -0.212. The summed E-state index contributed by atoms with van der Waals surface area (Å²) >= 11 is 0. The second-order valence-corrected chi connectivity index (χ2v) is 6.85. The third-order valence-electron chi connectivity index (χ3n) is 4.87. The van der Waals surface area contributed by atoms with Crippen LogP contribution in [0.3, 0.4) is 0 Å². The predicted octanol–water partition coefficient (Wildman–Crippen LogP) is 2.47. The number of hydrogen-bond acceptors (Lipinski definition) is 4. The SMILES string of the molecule is Cc1ccccc1[C@@H]1CN(Cc2nncn2C(C)C)C[C@H]1C(=O)O. The zero-order valence-electron chi connectivity index (χ0n) is 14.4. The summed E-state index contributed by atoms with van der Waals surface area (Å²) in [6, 6.07) is 8.37. The Balaban J connectivity index is 1.82. The zero-order chi connectivity index (χ0) is 17.3. The second-order valence-electron chi connectivity index (χ2n) is 6.85. The molecule has 1 fully saturated rings. The maximum Gasteiger partial charge on any atom is 0.308 e. The van der Waals surface area contributed by atoms with Gasteiger partial charge in [-0.15, -0.1) is 10.2 Å². The van der Waals surface area contributed by atoms with Gasteiger partial charge in [-0.2, -0.15) is 0 Å². The predicted molar refractivity (Wildman–Crippen MR) is 90.7 cm³/mol. The van der Waals surface area contributed by atoms with Crippen LogP contribution in [0.1, 0.15) is 42.8 Å². The highest BCUT2D eigenvalue weighted by atomic mass is 16.4.